The smallest absolute Gasteiger partial charge is 0.331 e. The van der Waals surface area contributed by atoms with E-state index in [-0.39, 0.29) is 17.1 Å². The van der Waals surface area contributed by atoms with Crippen molar-refractivity contribution in [2.45, 2.75) is 40.0 Å². The van der Waals surface area contributed by atoms with Gasteiger partial charge in [-0.25, -0.2) is 4.79 Å². The lowest BCUT2D eigenvalue weighted by molar-refractivity contribution is -0.137. The summed E-state index contributed by atoms with van der Waals surface area (Å²) in [4.78, 5) is 24.6. The van der Waals surface area contributed by atoms with Gasteiger partial charge in [-0.3, -0.25) is 4.79 Å². The number of methoxy groups -OCH3 is 1. The summed E-state index contributed by atoms with van der Waals surface area (Å²) in [5, 5.41) is 0. The molecule has 2 aliphatic carbocycles. The number of allylic oxidation sites excluding steroid dienone is 1. The van der Waals surface area contributed by atoms with Crippen molar-refractivity contribution < 1.29 is 19.1 Å². The summed E-state index contributed by atoms with van der Waals surface area (Å²) in [6.07, 6.45) is 4.37. The van der Waals surface area contributed by atoms with Gasteiger partial charge in [0.15, 0.2) is 5.78 Å². The van der Waals surface area contributed by atoms with Crippen molar-refractivity contribution in [2.24, 2.45) is 16.7 Å². The lowest BCUT2D eigenvalue weighted by Gasteiger charge is -2.31. The average Bonchev–Trinajstić information content (AvgIpc) is 3.17. The van der Waals surface area contributed by atoms with Gasteiger partial charge in [0, 0.05) is 18.8 Å². The SMILES string of the molecule is CCOC(=O)/C=C1\C(=O)C(C)(COC)C2(CC2)C1CC. The van der Waals surface area contributed by atoms with Gasteiger partial charge in [0.2, 0.25) is 0 Å². The Bertz CT molecular complexity index is 447. The van der Waals surface area contributed by atoms with E-state index in [9.17, 15) is 9.59 Å². The number of rotatable bonds is 5. The Hall–Kier alpha value is -1.16. The number of ketones is 1. The minimum atomic E-state index is -0.499. The second kappa shape index (κ2) is 5.32. The molecule has 2 saturated carbocycles. The first-order valence-corrected chi connectivity index (χ1v) is 7.39. The number of ether oxygens (including phenoxy) is 2. The molecule has 2 rings (SSSR count). The van der Waals surface area contributed by atoms with Crippen molar-refractivity contribution >= 4 is 11.8 Å². The molecule has 2 atom stereocenters. The Labute approximate surface area is 120 Å². The summed E-state index contributed by atoms with van der Waals surface area (Å²) in [5.74, 6) is -0.192. The number of carbonyl (C=O) groups is 2. The third kappa shape index (κ3) is 2.01. The molecule has 0 aromatic rings. The van der Waals surface area contributed by atoms with Gasteiger partial charge in [-0.1, -0.05) is 6.92 Å². The molecule has 0 heterocycles. The lowest BCUT2D eigenvalue weighted by atomic mass is 9.73. The van der Waals surface area contributed by atoms with Crippen LogP contribution in [0.3, 0.4) is 0 Å². The molecule has 112 valence electrons. The zero-order chi connectivity index (χ0) is 15.0. The molecule has 20 heavy (non-hydrogen) atoms. The largest absolute Gasteiger partial charge is 0.463 e. The van der Waals surface area contributed by atoms with Crippen LogP contribution in [0.15, 0.2) is 11.6 Å². The summed E-state index contributed by atoms with van der Waals surface area (Å²) >= 11 is 0. The number of hydrogen-bond acceptors (Lipinski definition) is 4. The third-order valence-electron chi connectivity index (χ3n) is 5.09. The highest BCUT2D eigenvalue weighted by molar-refractivity contribution is 6.07. The van der Waals surface area contributed by atoms with E-state index in [4.69, 9.17) is 9.47 Å². The van der Waals surface area contributed by atoms with Crippen molar-refractivity contribution in [3.05, 3.63) is 11.6 Å². The van der Waals surface area contributed by atoms with Gasteiger partial charge in [-0.05, 0) is 44.4 Å². The lowest BCUT2D eigenvalue weighted by Crippen LogP contribution is -2.36. The Morgan fingerprint density at radius 1 is 1.40 bits per heavy atom. The van der Waals surface area contributed by atoms with Gasteiger partial charge in [0.05, 0.1) is 18.6 Å². The molecule has 0 amide bonds. The highest BCUT2D eigenvalue weighted by Gasteiger charge is 2.69. The van der Waals surface area contributed by atoms with Gasteiger partial charge >= 0.3 is 5.97 Å². The molecular weight excluding hydrogens is 256 g/mol. The van der Waals surface area contributed by atoms with Crippen LogP contribution in [0.1, 0.15) is 40.0 Å². The molecule has 0 bridgehead atoms. The van der Waals surface area contributed by atoms with E-state index >= 15 is 0 Å². The van der Waals surface area contributed by atoms with Crippen molar-refractivity contribution in [3.8, 4) is 0 Å². The minimum absolute atomic E-state index is 0.00677. The number of hydrogen-bond donors (Lipinski definition) is 0. The first kappa shape index (κ1) is 15.2. The van der Waals surface area contributed by atoms with Gasteiger partial charge in [-0.2, -0.15) is 0 Å². The summed E-state index contributed by atoms with van der Waals surface area (Å²) < 4.78 is 10.3. The quantitative estimate of drug-likeness (QED) is 0.573. The molecule has 2 fully saturated rings. The zero-order valence-electron chi connectivity index (χ0n) is 12.8. The Kier molecular flexibility index (Phi) is 4.05. The van der Waals surface area contributed by atoms with Crippen LogP contribution in [0.4, 0.5) is 0 Å². The van der Waals surface area contributed by atoms with Crippen molar-refractivity contribution in [1.29, 1.82) is 0 Å². The minimum Gasteiger partial charge on any atom is -0.463 e. The standard InChI is InChI=1S/C16H24O4/c1-5-12-11(9-13(17)20-6-2)14(18)15(3,10-19-4)16(12)7-8-16/h9,12H,5-8,10H2,1-4H3/b11-9-. The molecule has 1 spiro atoms. The maximum Gasteiger partial charge on any atom is 0.331 e. The normalized spacial score (nSPS) is 32.9. The number of carbonyl (C=O) groups excluding carboxylic acids is 2. The van der Waals surface area contributed by atoms with E-state index in [2.05, 4.69) is 6.92 Å². The summed E-state index contributed by atoms with van der Waals surface area (Å²) in [6, 6.07) is 0. The first-order valence-electron chi connectivity index (χ1n) is 7.39. The van der Waals surface area contributed by atoms with E-state index in [0.717, 1.165) is 19.3 Å². The van der Waals surface area contributed by atoms with Crippen LogP contribution >= 0.6 is 0 Å². The van der Waals surface area contributed by atoms with Gasteiger partial charge in [0.1, 0.15) is 0 Å². The van der Waals surface area contributed by atoms with Crippen LogP contribution in [-0.2, 0) is 19.1 Å². The van der Waals surface area contributed by atoms with Crippen LogP contribution < -0.4 is 0 Å². The van der Waals surface area contributed by atoms with E-state index < -0.39 is 11.4 Å². The van der Waals surface area contributed by atoms with Crippen LogP contribution in [0, 0.1) is 16.7 Å². The number of esters is 1. The Morgan fingerprint density at radius 3 is 2.50 bits per heavy atom. The predicted octanol–water partition coefficient (Wildman–Crippen LogP) is 2.52. The molecule has 0 radical (unpaired) electrons. The molecule has 0 aromatic carbocycles. The summed E-state index contributed by atoms with van der Waals surface area (Å²) in [5.41, 5.74) is 0.136. The molecule has 4 heteroatoms. The van der Waals surface area contributed by atoms with Crippen molar-refractivity contribution in [1.82, 2.24) is 0 Å². The third-order valence-corrected chi connectivity index (χ3v) is 5.09. The molecular formula is C16H24O4. The van der Waals surface area contributed by atoms with Crippen LogP contribution in [0.2, 0.25) is 0 Å². The average molecular weight is 280 g/mol. The van der Waals surface area contributed by atoms with Crippen LogP contribution in [0.25, 0.3) is 0 Å². The molecule has 0 saturated heterocycles. The Morgan fingerprint density at radius 2 is 2.05 bits per heavy atom. The molecule has 0 aromatic heterocycles. The highest BCUT2D eigenvalue weighted by Crippen LogP contribution is 2.71. The topological polar surface area (TPSA) is 52.6 Å². The Balaban J connectivity index is 2.39. The fourth-order valence-electron chi connectivity index (χ4n) is 4.01. The van der Waals surface area contributed by atoms with E-state index in [1.54, 1.807) is 14.0 Å². The maximum absolute atomic E-state index is 12.8. The van der Waals surface area contributed by atoms with Crippen molar-refractivity contribution in [3.63, 3.8) is 0 Å². The van der Waals surface area contributed by atoms with Gasteiger partial charge < -0.3 is 9.47 Å². The van der Waals surface area contributed by atoms with Gasteiger partial charge in [0.25, 0.3) is 0 Å². The molecule has 2 unspecified atom stereocenters. The second-order valence-corrected chi connectivity index (χ2v) is 6.06. The molecule has 2 aliphatic rings. The van der Waals surface area contributed by atoms with Gasteiger partial charge in [-0.15, -0.1) is 0 Å². The van der Waals surface area contributed by atoms with E-state index in [1.807, 2.05) is 6.92 Å². The molecule has 0 aliphatic heterocycles. The first-order chi connectivity index (χ1) is 9.46. The summed E-state index contributed by atoms with van der Waals surface area (Å²) in [7, 11) is 1.63. The molecule has 4 nitrogen and oxygen atoms in total. The van der Waals surface area contributed by atoms with Crippen molar-refractivity contribution in [2.75, 3.05) is 20.3 Å². The monoisotopic (exact) mass is 280 g/mol. The maximum atomic E-state index is 12.8. The van der Waals surface area contributed by atoms with E-state index in [0.29, 0.717) is 18.8 Å². The fraction of sp³-hybridized carbons (Fsp3) is 0.750. The van der Waals surface area contributed by atoms with Crippen LogP contribution in [0.5, 0.6) is 0 Å². The second-order valence-electron chi connectivity index (χ2n) is 6.06. The zero-order valence-corrected chi connectivity index (χ0v) is 12.8. The fourth-order valence-corrected chi connectivity index (χ4v) is 4.01. The highest BCUT2D eigenvalue weighted by atomic mass is 16.5. The molecule has 0 N–H and O–H groups in total. The van der Waals surface area contributed by atoms with E-state index in [1.165, 1.54) is 6.08 Å². The summed E-state index contributed by atoms with van der Waals surface area (Å²) in [6.45, 7) is 6.58. The predicted molar refractivity (Wildman–Crippen MR) is 75.2 cm³/mol. The number of Topliss-reactive ketones (excluding diaryl/α,β-unsaturated/α-hetero) is 1. The van der Waals surface area contributed by atoms with Crippen LogP contribution in [-0.4, -0.2) is 32.1 Å².